The second-order valence-electron chi connectivity index (χ2n) is 5.58. The molecule has 2 aromatic rings. The van der Waals surface area contributed by atoms with Crippen molar-refractivity contribution in [3.63, 3.8) is 0 Å². The number of nitrogens with one attached hydrogen (secondary N) is 1. The predicted octanol–water partition coefficient (Wildman–Crippen LogP) is 5.31. The van der Waals surface area contributed by atoms with Crippen molar-refractivity contribution in [3.05, 3.63) is 47.9 Å². The minimum absolute atomic E-state index is 0.168. The highest BCUT2D eigenvalue weighted by Crippen LogP contribution is 2.38. The summed E-state index contributed by atoms with van der Waals surface area (Å²) >= 11 is 0. The number of nitrogens with zero attached hydrogens (tertiary/aromatic N) is 1. The highest BCUT2D eigenvalue weighted by molar-refractivity contribution is 5.45. The van der Waals surface area contributed by atoms with E-state index in [1.165, 1.54) is 6.07 Å². The van der Waals surface area contributed by atoms with Gasteiger partial charge in [0.1, 0.15) is 23.1 Å². The Bertz CT molecular complexity index is 639. The van der Waals surface area contributed by atoms with Gasteiger partial charge in [0, 0.05) is 23.9 Å². The smallest absolute Gasteiger partial charge is 0.132 e. The molecule has 0 saturated heterocycles. The van der Waals surface area contributed by atoms with Crippen molar-refractivity contribution in [1.82, 2.24) is 4.98 Å². The lowest BCUT2D eigenvalue weighted by molar-refractivity contribution is 0.475. The van der Waals surface area contributed by atoms with Crippen molar-refractivity contribution in [2.24, 2.45) is 0 Å². The molecule has 0 amide bonds. The summed E-state index contributed by atoms with van der Waals surface area (Å²) in [5.41, 5.74) is 0.776. The Morgan fingerprint density at radius 1 is 1.14 bits per heavy atom. The number of aryl methyl sites for hydroxylation is 1. The standard InChI is InChI=1S/C16H17FN2O.C2H6/c1-11-3-4-12(9-14(11)17)20-13-5-8-18-15(10-13)19-16(2)6-7-16;1-2/h3-5,8-10H,6-7H2,1-2H3,(H,18,19);1-2H3. The molecule has 1 fully saturated rings. The molecule has 3 rings (SSSR count). The molecule has 22 heavy (non-hydrogen) atoms. The average molecular weight is 302 g/mol. The van der Waals surface area contributed by atoms with Crippen molar-refractivity contribution < 1.29 is 9.13 Å². The molecule has 0 radical (unpaired) electrons. The van der Waals surface area contributed by atoms with Gasteiger partial charge in [0.05, 0.1) is 0 Å². The van der Waals surface area contributed by atoms with Crippen LogP contribution in [0.4, 0.5) is 10.2 Å². The second-order valence-corrected chi connectivity index (χ2v) is 5.58. The molecule has 0 unspecified atom stereocenters. The normalized spacial score (nSPS) is 14.6. The number of ether oxygens (including phenoxy) is 1. The third-order valence-electron chi connectivity index (χ3n) is 3.54. The van der Waals surface area contributed by atoms with Gasteiger partial charge in [-0.25, -0.2) is 9.37 Å². The van der Waals surface area contributed by atoms with Crippen LogP contribution in [0.1, 0.15) is 39.2 Å². The monoisotopic (exact) mass is 302 g/mol. The Balaban J connectivity index is 0.000000847. The van der Waals surface area contributed by atoms with Gasteiger partial charge in [-0.1, -0.05) is 19.9 Å². The first-order chi connectivity index (χ1) is 10.5. The van der Waals surface area contributed by atoms with Gasteiger partial charge < -0.3 is 10.1 Å². The van der Waals surface area contributed by atoms with E-state index >= 15 is 0 Å². The zero-order valence-corrected chi connectivity index (χ0v) is 13.6. The first-order valence-corrected chi connectivity index (χ1v) is 7.72. The Morgan fingerprint density at radius 3 is 2.45 bits per heavy atom. The minimum Gasteiger partial charge on any atom is -0.457 e. The second kappa shape index (κ2) is 6.77. The maximum absolute atomic E-state index is 13.5. The number of hydrogen-bond donors (Lipinski definition) is 1. The van der Waals surface area contributed by atoms with Crippen molar-refractivity contribution >= 4 is 5.82 Å². The third-order valence-corrected chi connectivity index (χ3v) is 3.54. The van der Waals surface area contributed by atoms with E-state index in [1.807, 2.05) is 19.9 Å². The number of anilines is 1. The summed E-state index contributed by atoms with van der Waals surface area (Å²) in [5.74, 6) is 1.66. The van der Waals surface area contributed by atoms with Crippen molar-refractivity contribution in [2.75, 3.05) is 5.32 Å². The van der Waals surface area contributed by atoms with Gasteiger partial charge in [0.25, 0.3) is 0 Å². The predicted molar refractivity (Wildman–Crippen MR) is 88.1 cm³/mol. The molecular weight excluding hydrogens is 279 g/mol. The fourth-order valence-electron chi connectivity index (χ4n) is 1.94. The molecular formula is C18H23FN2O. The van der Waals surface area contributed by atoms with Crippen LogP contribution in [0.2, 0.25) is 0 Å². The van der Waals surface area contributed by atoms with Crippen molar-refractivity contribution in [2.45, 2.75) is 46.1 Å². The first-order valence-electron chi connectivity index (χ1n) is 7.72. The summed E-state index contributed by atoms with van der Waals surface area (Å²) in [4.78, 5) is 4.27. The van der Waals surface area contributed by atoms with Crippen LogP contribution in [0, 0.1) is 12.7 Å². The molecule has 0 aliphatic heterocycles. The molecule has 1 aliphatic carbocycles. The molecule has 0 spiro atoms. The van der Waals surface area contributed by atoms with Crippen LogP contribution in [-0.2, 0) is 0 Å². The summed E-state index contributed by atoms with van der Waals surface area (Å²) in [6, 6.07) is 8.45. The van der Waals surface area contributed by atoms with E-state index in [0.29, 0.717) is 17.1 Å². The van der Waals surface area contributed by atoms with Gasteiger partial charge in [0.2, 0.25) is 0 Å². The molecule has 0 atom stereocenters. The fraction of sp³-hybridized carbons (Fsp3) is 0.389. The van der Waals surface area contributed by atoms with Gasteiger partial charge in [-0.2, -0.15) is 0 Å². The largest absolute Gasteiger partial charge is 0.457 e. The number of rotatable bonds is 4. The SMILES string of the molecule is CC.Cc1ccc(Oc2ccnc(NC3(C)CC3)c2)cc1F. The highest BCUT2D eigenvalue weighted by atomic mass is 19.1. The Kier molecular flexibility index (Phi) is 5.01. The lowest BCUT2D eigenvalue weighted by atomic mass is 10.2. The lowest BCUT2D eigenvalue weighted by Crippen LogP contribution is -2.16. The summed E-state index contributed by atoms with van der Waals surface area (Å²) in [6.07, 6.45) is 4.00. The van der Waals surface area contributed by atoms with Gasteiger partial charge in [0.15, 0.2) is 0 Å². The molecule has 4 heteroatoms. The number of halogens is 1. The van der Waals surface area contributed by atoms with E-state index in [1.54, 1.807) is 31.3 Å². The van der Waals surface area contributed by atoms with E-state index in [2.05, 4.69) is 17.2 Å². The third kappa shape index (κ3) is 4.20. The highest BCUT2D eigenvalue weighted by Gasteiger charge is 2.37. The van der Waals surface area contributed by atoms with Crippen LogP contribution in [0.25, 0.3) is 0 Å². The van der Waals surface area contributed by atoms with Crippen molar-refractivity contribution in [3.8, 4) is 11.5 Å². The van der Waals surface area contributed by atoms with Crippen LogP contribution in [-0.4, -0.2) is 10.5 Å². The van der Waals surface area contributed by atoms with Gasteiger partial charge in [-0.05, 0) is 44.4 Å². The summed E-state index contributed by atoms with van der Waals surface area (Å²) in [6.45, 7) is 7.89. The quantitative estimate of drug-likeness (QED) is 0.830. The molecule has 118 valence electrons. The molecule has 3 nitrogen and oxygen atoms in total. The van der Waals surface area contributed by atoms with E-state index in [0.717, 1.165) is 18.7 Å². The van der Waals surface area contributed by atoms with Crippen LogP contribution in [0.15, 0.2) is 36.5 Å². The Morgan fingerprint density at radius 2 is 1.82 bits per heavy atom. The van der Waals surface area contributed by atoms with Gasteiger partial charge in [-0.3, -0.25) is 0 Å². The molecule has 1 saturated carbocycles. The zero-order valence-electron chi connectivity index (χ0n) is 13.6. The van der Waals surface area contributed by atoms with Crippen LogP contribution >= 0.6 is 0 Å². The molecule has 1 aromatic carbocycles. The number of pyridine rings is 1. The maximum atomic E-state index is 13.5. The minimum atomic E-state index is -0.264. The first kappa shape index (κ1) is 16.3. The lowest BCUT2D eigenvalue weighted by Gasteiger charge is -2.13. The van der Waals surface area contributed by atoms with Gasteiger partial charge >= 0.3 is 0 Å². The zero-order chi connectivity index (χ0) is 16.2. The van der Waals surface area contributed by atoms with E-state index in [4.69, 9.17) is 4.74 Å². The van der Waals surface area contributed by atoms with Gasteiger partial charge in [-0.15, -0.1) is 0 Å². The molecule has 1 heterocycles. The molecule has 0 bridgehead atoms. The van der Waals surface area contributed by atoms with Crippen molar-refractivity contribution in [1.29, 1.82) is 0 Å². The number of benzene rings is 1. The van der Waals surface area contributed by atoms with Crippen LogP contribution in [0.3, 0.4) is 0 Å². The fourth-order valence-corrected chi connectivity index (χ4v) is 1.94. The summed E-state index contributed by atoms with van der Waals surface area (Å²) < 4.78 is 19.2. The average Bonchev–Trinajstić information content (AvgIpc) is 3.22. The van der Waals surface area contributed by atoms with Crippen LogP contribution < -0.4 is 10.1 Å². The topological polar surface area (TPSA) is 34.1 Å². The molecule has 1 N–H and O–H groups in total. The number of aromatic nitrogens is 1. The Hall–Kier alpha value is -2.10. The van der Waals surface area contributed by atoms with E-state index < -0.39 is 0 Å². The molecule has 1 aliphatic rings. The maximum Gasteiger partial charge on any atom is 0.132 e. The molecule has 1 aromatic heterocycles. The van der Waals surface area contributed by atoms with E-state index in [9.17, 15) is 4.39 Å². The number of hydrogen-bond acceptors (Lipinski definition) is 3. The van der Waals surface area contributed by atoms with Crippen LogP contribution in [0.5, 0.6) is 11.5 Å². The Labute approximate surface area is 131 Å². The summed E-state index contributed by atoms with van der Waals surface area (Å²) in [5, 5.41) is 3.37. The van der Waals surface area contributed by atoms with E-state index in [-0.39, 0.29) is 11.4 Å². The summed E-state index contributed by atoms with van der Waals surface area (Å²) in [7, 11) is 0.